The third kappa shape index (κ3) is 4.55. The Bertz CT molecular complexity index is 167. The summed E-state index contributed by atoms with van der Waals surface area (Å²) in [5.74, 6) is 1.02. The van der Waals surface area contributed by atoms with Crippen molar-refractivity contribution < 1.29 is 0 Å². The molecular formula is C14H29N. The number of hydrogen-bond donors (Lipinski definition) is 1. The average Bonchev–Trinajstić information content (AvgIpc) is 2.24. The molecule has 1 nitrogen and oxygen atoms in total. The molecule has 0 aromatic rings. The molecule has 0 radical (unpaired) electrons. The smallest absolute Gasteiger partial charge is 0.00488 e. The van der Waals surface area contributed by atoms with Crippen molar-refractivity contribution in [2.45, 2.75) is 65.7 Å². The SMILES string of the molecule is CCNCCCC1(C)CCCC(CC)C1. The molecule has 1 saturated carbocycles. The van der Waals surface area contributed by atoms with Gasteiger partial charge in [0.25, 0.3) is 0 Å². The van der Waals surface area contributed by atoms with Crippen LogP contribution < -0.4 is 5.32 Å². The van der Waals surface area contributed by atoms with Gasteiger partial charge in [-0.05, 0) is 50.1 Å². The summed E-state index contributed by atoms with van der Waals surface area (Å²) in [5.41, 5.74) is 0.661. The quantitative estimate of drug-likeness (QED) is 0.655. The lowest BCUT2D eigenvalue weighted by molar-refractivity contribution is 0.141. The number of nitrogens with one attached hydrogen (secondary N) is 1. The van der Waals surface area contributed by atoms with Gasteiger partial charge in [0.05, 0.1) is 0 Å². The molecule has 0 aromatic heterocycles. The van der Waals surface area contributed by atoms with Gasteiger partial charge in [-0.1, -0.05) is 40.0 Å². The first-order valence-electron chi connectivity index (χ1n) is 6.91. The van der Waals surface area contributed by atoms with E-state index in [9.17, 15) is 0 Å². The van der Waals surface area contributed by atoms with Crippen molar-refractivity contribution in [3.8, 4) is 0 Å². The van der Waals surface area contributed by atoms with Gasteiger partial charge in [-0.2, -0.15) is 0 Å². The van der Waals surface area contributed by atoms with Crippen LogP contribution in [0.5, 0.6) is 0 Å². The monoisotopic (exact) mass is 211 g/mol. The van der Waals surface area contributed by atoms with Gasteiger partial charge in [0, 0.05) is 0 Å². The average molecular weight is 211 g/mol. The molecule has 0 spiro atoms. The van der Waals surface area contributed by atoms with Gasteiger partial charge < -0.3 is 5.32 Å². The fraction of sp³-hybridized carbons (Fsp3) is 1.00. The third-order valence-electron chi connectivity index (χ3n) is 4.14. The van der Waals surface area contributed by atoms with E-state index in [1.54, 1.807) is 0 Å². The Balaban J connectivity index is 2.24. The molecule has 0 aromatic carbocycles. The van der Waals surface area contributed by atoms with Gasteiger partial charge in [0.15, 0.2) is 0 Å². The van der Waals surface area contributed by atoms with E-state index in [1.807, 2.05) is 0 Å². The summed E-state index contributed by atoms with van der Waals surface area (Å²) in [4.78, 5) is 0. The topological polar surface area (TPSA) is 12.0 Å². The molecule has 0 saturated heterocycles. The Labute approximate surface area is 96.0 Å². The van der Waals surface area contributed by atoms with E-state index < -0.39 is 0 Å². The maximum atomic E-state index is 3.43. The summed E-state index contributed by atoms with van der Waals surface area (Å²) in [7, 11) is 0. The second-order valence-electron chi connectivity index (χ2n) is 5.64. The van der Waals surface area contributed by atoms with Crippen LogP contribution in [0.3, 0.4) is 0 Å². The lowest BCUT2D eigenvalue weighted by Crippen LogP contribution is -2.27. The molecule has 1 rings (SSSR count). The lowest BCUT2D eigenvalue weighted by Gasteiger charge is -2.38. The van der Waals surface area contributed by atoms with Crippen molar-refractivity contribution in [1.82, 2.24) is 5.32 Å². The van der Waals surface area contributed by atoms with Crippen LogP contribution in [0.4, 0.5) is 0 Å². The molecule has 0 amide bonds. The Morgan fingerprint density at radius 1 is 1.33 bits per heavy atom. The van der Waals surface area contributed by atoms with Crippen molar-refractivity contribution in [2.24, 2.45) is 11.3 Å². The zero-order chi connectivity index (χ0) is 11.1. The van der Waals surface area contributed by atoms with E-state index in [2.05, 4.69) is 26.1 Å². The van der Waals surface area contributed by atoms with E-state index in [1.165, 1.54) is 51.5 Å². The van der Waals surface area contributed by atoms with Crippen LogP contribution in [0.15, 0.2) is 0 Å². The molecule has 1 N–H and O–H groups in total. The minimum absolute atomic E-state index is 0.661. The van der Waals surface area contributed by atoms with Crippen LogP contribution in [0, 0.1) is 11.3 Å². The number of rotatable bonds is 6. The summed E-state index contributed by atoms with van der Waals surface area (Å²) in [6.45, 7) is 9.39. The fourth-order valence-corrected chi connectivity index (χ4v) is 3.11. The second-order valence-corrected chi connectivity index (χ2v) is 5.64. The first-order chi connectivity index (χ1) is 7.20. The molecule has 90 valence electrons. The van der Waals surface area contributed by atoms with Crippen LogP contribution in [0.1, 0.15) is 65.7 Å². The maximum absolute atomic E-state index is 3.43. The minimum Gasteiger partial charge on any atom is -0.317 e. The van der Waals surface area contributed by atoms with Gasteiger partial charge in [-0.15, -0.1) is 0 Å². The molecule has 1 aliphatic rings. The highest BCUT2D eigenvalue weighted by Crippen LogP contribution is 2.43. The Morgan fingerprint density at radius 3 is 2.80 bits per heavy atom. The van der Waals surface area contributed by atoms with E-state index in [0.29, 0.717) is 5.41 Å². The standard InChI is InChI=1S/C14H29N/c1-4-13-8-6-9-14(3,12-13)10-7-11-15-5-2/h13,15H,4-12H2,1-3H3. The normalized spacial score (nSPS) is 31.8. The van der Waals surface area contributed by atoms with Gasteiger partial charge in [-0.25, -0.2) is 0 Å². The zero-order valence-electron chi connectivity index (χ0n) is 10.9. The zero-order valence-corrected chi connectivity index (χ0v) is 10.9. The third-order valence-corrected chi connectivity index (χ3v) is 4.14. The largest absolute Gasteiger partial charge is 0.317 e. The van der Waals surface area contributed by atoms with E-state index in [-0.39, 0.29) is 0 Å². The fourth-order valence-electron chi connectivity index (χ4n) is 3.11. The lowest BCUT2D eigenvalue weighted by atomic mass is 9.68. The predicted octanol–water partition coefficient (Wildman–Crippen LogP) is 3.98. The highest BCUT2D eigenvalue weighted by Gasteiger charge is 2.30. The summed E-state index contributed by atoms with van der Waals surface area (Å²) in [6.07, 6.45) is 10.1. The van der Waals surface area contributed by atoms with Crippen LogP contribution in [0.25, 0.3) is 0 Å². The number of hydrogen-bond acceptors (Lipinski definition) is 1. The molecule has 2 unspecified atom stereocenters. The van der Waals surface area contributed by atoms with Crippen LogP contribution >= 0.6 is 0 Å². The van der Waals surface area contributed by atoms with E-state index in [0.717, 1.165) is 12.5 Å². The molecule has 0 bridgehead atoms. The van der Waals surface area contributed by atoms with Gasteiger partial charge >= 0.3 is 0 Å². The van der Waals surface area contributed by atoms with Crippen molar-refractivity contribution in [3.05, 3.63) is 0 Å². The Kier molecular flexibility index (Phi) is 5.66. The summed E-state index contributed by atoms with van der Waals surface area (Å²) >= 11 is 0. The highest BCUT2D eigenvalue weighted by atomic mass is 14.8. The van der Waals surface area contributed by atoms with Gasteiger partial charge in [0.1, 0.15) is 0 Å². The van der Waals surface area contributed by atoms with Crippen molar-refractivity contribution in [1.29, 1.82) is 0 Å². The van der Waals surface area contributed by atoms with Crippen LogP contribution in [-0.4, -0.2) is 13.1 Å². The summed E-state index contributed by atoms with van der Waals surface area (Å²) in [6, 6.07) is 0. The molecule has 1 fully saturated rings. The Hall–Kier alpha value is -0.0400. The summed E-state index contributed by atoms with van der Waals surface area (Å²) in [5, 5.41) is 3.43. The van der Waals surface area contributed by atoms with Crippen molar-refractivity contribution in [3.63, 3.8) is 0 Å². The maximum Gasteiger partial charge on any atom is -0.00488 e. The van der Waals surface area contributed by atoms with E-state index >= 15 is 0 Å². The van der Waals surface area contributed by atoms with Crippen LogP contribution in [-0.2, 0) is 0 Å². The molecule has 0 heterocycles. The van der Waals surface area contributed by atoms with E-state index in [4.69, 9.17) is 0 Å². The minimum atomic E-state index is 0.661. The van der Waals surface area contributed by atoms with Gasteiger partial charge in [-0.3, -0.25) is 0 Å². The molecule has 0 aliphatic heterocycles. The molecule has 2 atom stereocenters. The summed E-state index contributed by atoms with van der Waals surface area (Å²) < 4.78 is 0. The molecule has 1 heteroatoms. The molecule has 1 aliphatic carbocycles. The molecule has 15 heavy (non-hydrogen) atoms. The predicted molar refractivity (Wildman–Crippen MR) is 68.1 cm³/mol. The van der Waals surface area contributed by atoms with Crippen molar-refractivity contribution in [2.75, 3.05) is 13.1 Å². The van der Waals surface area contributed by atoms with Crippen molar-refractivity contribution >= 4 is 0 Å². The molecular weight excluding hydrogens is 182 g/mol. The first-order valence-corrected chi connectivity index (χ1v) is 6.91. The van der Waals surface area contributed by atoms with Gasteiger partial charge in [0.2, 0.25) is 0 Å². The first kappa shape index (κ1) is 13.0. The highest BCUT2D eigenvalue weighted by molar-refractivity contribution is 4.82. The second kappa shape index (κ2) is 6.52. The van der Waals surface area contributed by atoms with Crippen LogP contribution in [0.2, 0.25) is 0 Å². The Morgan fingerprint density at radius 2 is 2.13 bits per heavy atom.